The molecule has 0 bridgehead atoms. The van der Waals surface area contributed by atoms with Crippen molar-refractivity contribution in [3.05, 3.63) is 23.8 Å². The first-order valence-electron chi connectivity index (χ1n) is 5.78. The fourth-order valence-electron chi connectivity index (χ4n) is 2.09. The fourth-order valence-corrected chi connectivity index (χ4v) is 2.52. The van der Waals surface area contributed by atoms with E-state index >= 15 is 0 Å². The maximum Gasteiger partial charge on any atom is 0.339 e. The fraction of sp³-hybridized carbons (Fsp3) is 0.462. The number of benzene rings is 1. The Kier molecular flexibility index (Phi) is 3.94. The van der Waals surface area contributed by atoms with Crippen molar-refractivity contribution in [2.75, 3.05) is 6.26 Å². The third-order valence-electron chi connectivity index (χ3n) is 3.02. The molecule has 4 heteroatoms. The molecule has 17 heavy (non-hydrogen) atoms. The van der Waals surface area contributed by atoms with Crippen molar-refractivity contribution >= 4 is 17.7 Å². The second-order valence-electron chi connectivity index (χ2n) is 4.19. The smallest absolute Gasteiger partial charge is 0.339 e. The lowest BCUT2D eigenvalue weighted by molar-refractivity contribution is 0.0689. The van der Waals surface area contributed by atoms with Crippen LogP contribution >= 0.6 is 11.8 Å². The summed E-state index contributed by atoms with van der Waals surface area (Å²) in [5.41, 5.74) is 0.259. The number of ether oxygens (including phenoxy) is 1. The number of carboxylic acids is 1. The van der Waals surface area contributed by atoms with E-state index < -0.39 is 5.97 Å². The van der Waals surface area contributed by atoms with Crippen molar-refractivity contribution in [2.24, 2.45) is 0 Å². The second-order valence-corrected chi connectivity index (χ2v) is 5.07. The zero-order valence-corrected chi connectivity index (χ0v) is 10.6. The standard InChI is InChI=1S/C13H16O3S/c1-17-10-6-7-11(13(14)15)12(8-10)16-9-4-2-3-5-9/h6-9H,2-5H2,1H3,(H,14,15). The molecule has 1 aliphatic rings. The maximum absolute atomic E-state index is 11.1. The van der Waals surface area contributed by atoms with Gasteiger partial charge in [-0.1, -0.05) is 0 Å². The summed E-state index contributed by atoms with van der Waals surface area (Å²) in [5.74, 6) is -0.415. The Balaban J connectivity index is 2.24. The van der Waals surface area contributed by atoms with Crippen LogP contribution in [0.4, 0.5) is 0 Å². The van der Waals surface area contributed by atoms with E-state index in [4.69, 9.17) is 9.84 Å². The van der Waals surface area contributed by atoms with Crippen LogP contribution in [0.15, 0.2) is 23.1 Å². The van der Waals surface area contributed by atoms with E-state index in [-0.39, 0.29) is 11.7 Å². The van der Waals surface area contributed by atoms with Crippen molar-refractivity contribution in [1.82, 2.24) is 0 Å². The van der Waals surface area contributed by atoms with Gasteiger partial charge < -0.3 is 9.84 Å². The molecule has 3 nitrogen and oxygen atoms in total. The minimum Gasteiger partial charge on any atom is -0.489 e. The summed E-state index contributed by atoms with van der Waals surface area (Å²) in [6.45, 7) is 0. The van der Waals surface area contributed by atoms with Crippen LogP contribution in [0.5, 0.6) is 5.75 Å². The Morgan fingerprint density at radius 3 is 2.71 bits per heavy atom. The van der Waals surface area contributed by atoms with Crippen LogP contribution in [-0.2, 0) is 0 Å². The van der Waals surface area contributed by atoms with Gasteiger partial charge in [-0.3, -0.25) is 0 Å². The topological polar surface area (TPSA) is 46.5 Å². The van der Waals surface area contributed by atoms with Crippen LogP contribution in [0.2, 0.25) is 0 Å². The van der Waals surface area contributed by atoms with Gasteiger partial charge in [0, 0.05) is 4.90 Å². The summed E-state index contributed by atoms with van der Waals surface area (Å²) in [7, 11) is 0. The van der Waals surface area contributed by atoms with Gasteiger partial charge in [0.15, 0.2) is 0 Å². The number of carbonyl (C=O) groups is 1. The van der Waals surface area contributed by atoms with Crippen molar-refractivity contribution in [3.63, 3.8) is 0 Å². The van der Waals surface area contributed by atoms with Gasteiger partial charge in [-0.15, -0.1) is 11.8 Å². The third-order valence-corrected chi connectivity index (χ3v) is 3.74. The molecule has 2 rings (SSSR count). The Morgan fingerprint density at radius 2 is 2.12 bits per heavy atom. The lowest BCUT2D eigenvalue weighted by Gasteiger charge is -2.15. The quantitative estimate of drug-likeness (QED) is 0.834. The molecule has 0 atom stereocenters. The summed E-state index contributed by atoms with van der Waals surface area (Å²) in [6.07, 6.45) is 6.57. The highest BCUT2D eigenvalue weighted by Crippen LogP contribution is 2.30. The van der Waals surface area contributed by atoms with Crippen LogP contribution in [0.25, 0.3) is 0 Å². The molecule has 0 radical (unpaired) electrons. The van der Waals surface area contributed by atoms with Gasteiger partial charge in [0.1, 0.15) is 11.3 Å². The van der Waals surface area contributed by atoms with Gasteiger partial charge in [0.25, 0.3) is 0 Å². The first kappa shape index (κ1) is 12.3. The Bertz CT molecular complexity index is 411. The highest BCUT2D eigenvalue weighted by atomic mass is 32.2. The molecule has 1 N–H and O–H groups in total. The number of rotatable bonds is 4. The molecular formula is C13H16O3S. The summed E-state index contributed by atoms with van der Waals surface area (Å²) in [4.78, 5) is 12.1. The molecule has 1 aromatic carbocycles. The van der Waals surface area contributed by atoms with Crippen molar-refractivity contribution in [2.45, 2.75) is 36.7 Å². The Morgan fingerprint density at radius 1 is 1.41 bits per heavy atom. The summed E-state index contributed by atoms with van der Waals surface area (Å²) >= 11 is 1.59. The zero-order valence-electron chi connectivity index (χ0n) is 9.81. The number of hydrogen-bond donors (Lipinski definition) is 1. The summed E-state index contributed by atoms with van der Waals surface area (Å²) in [6, 6.07) is 5.26. The minimum absolute atomic E-state index is 0.185. The van der Waals surface area contributed by atoms with E-state index in [2.05, 4.69) is 0 Å². The van der Waals surface area contributed by atoms with Crippen molar-refractivity contribution < 1.29 is 14.6 Å². The predicted molar refractivity (Wildman–Crippen MR) is 68.1 cm³/mol. The van der Waals surface area contributed by atoms with Crippen LogP contribution in [0.3, 0.4) is 0 Å². The lowest BCUT2D eigenvalue weighted by atomic mass is 10.2. The molecule has 1 aliphatic carbocycles. The second kappa shape index (κ2) is 5.45. The van der Waals surface area contributed by atoms with Crippen LogP contribution in [0, 0.1) is 0 Å². The van der Waals surface area contributed by atoms with Gasteiger partial charge in [0.2, 0.25) is 0 Å². The van der Waals surface area contributed by atoms with Crippen LogP contribution in [-0.4, -0.2) is 23.4 Å². The molecule has 1 saturated carbocycles. The largest absolute Gasteiger partial charge is 0.489 e. The average Bonchev–Trinajstić information content (AvgIpc) is 2.81. The molecular weight excluding hydrogens is 236 g/mol. The Hall–Kier alpha value is -1.16. The molecule has 1 aromatic rings. The minimum atomic E-state index is -0.925. The molecule has 92 valence electrons. The van der Waals surface area contributed by atoms with Gasteiger partial charge in [-0.05, 0) is 50.1 Å². The normalized spacial score (nSPS) is 16.1. The molecule has 0 aromatic heterocycles. The Labute approximate surface area is 105 Å². The lowest BCUT2D eigenvalue weighted by Crippen LogP contribution is -2.13. The summed E-state index contributed by atoms with van der Waals surface area (Å²) < 4.78 is 5.82. The van der Waals surface area contributed by atoms with E-state index in [1.54, 1.807) is 17.8 Å². The highest BCUT2D eigenvalue weighted by Gasteiger charge is 2.20. The maximum atomic E-state index is 11.1. The molecule has 0 spiro atoms. The van der Waals surface area contributed by atoms with E-state index in [1.807, 2.05) is 18.4 Å². The number of thioether (sulfide) groups is 1. The van der Waals surface area contributed by atoms with E-state index in [0.717, 1.165) is 17.7 Å². The molecule has 0 unspecified atom stereocenters. The number of carboxylic acid groups (broad SMARTS) is 1. The number of aromatic carboxylic acids is 1. The van der Waals surface area contributed by atoms with Gasteiger partial charge in [-0.25, -0.2) is 4.79 Å². The van der Waals surface area contributed by atoms with Crippen molar-refractivity contribution in [3.8, 4) is 5.75 Å². The van der Waals surface area contributed by atoms with Crippen molar-refractivity contribution in [1.29, 1.82) is 0 Å². The summed E-state index contributed by atoms with van der Waals surface area (Å²) in [5, 5.41) is 9.12. The molecule has 0 heterocycles. The molecule has 0 aliphatic heterocycles. The predicted octanol–water partition coefficient (Wildman–Crippen LogP) is 3.43. The van der Waals surface area contributed by atoms with Crippen LogP contribution < -0.4 is 4.74 Å². The average molecular weight is 252 g/mol. The first-order chi connectivity index (χ1) is 8.20. The first-order valence-corrected chi connectivity index (χ1v) is 7.01. The van der Waals surface area contributed by atoms with Gasteiger partial charge >= 0.3 is 5.97 Å². The highest BCUT2D eigenvalue weighted by molar-refractivity contribution is 7.98. The van der Waals surface area contributed by atoms with Crippen LogP contribution in [0.1, 0.15) is 36.0 Å². The zero-order chi connectivity index (χ0) is 12.3. The third kappa shape index (κ3) is 2.94. The SMILES string of the molecule is CSc1ccc(C(=O)O)c(OC2CCCC2)c1. The van der Waals surface area contributed by atoms with Gasteiger partial charge in [0.05, 0.1) is 6.10 Å². The van der Waals surface area contributed by atoms with E-state index in [0.29, 0.717) is 5.75 Å². The van der Waals surface area contributed by atoms with E-state index in [1.165, 1.54) is 12.8 Å². The molecule has 0 amide bonds. The molecule has 0 saturated heterocycles. The van der Waals surface area contributed by atoms with E-state index in [9.17, 15) is 4.79 Å². The monoisotopic (exact) mass is 252 g/mol. The molecule has 1 fully saturated rings. The van der Waals surface area contributed by atoms with Gasteiger partial charge in [-0.2, -0.15) is 0 Å². The number of hydrogen-bond acceptors (Lipinski definition) is 3.